The van der Waals surface area contributed by atoms with Crippen molar-refractivity contribution in [2.24, 2.45) is 5.92 Å². The molecule has 8 heteroatoms. The molecule has 0 aromatic heterocycles. The van der Waals surface area contributed by atoms with E-state index in [-0.39, 0.29) is 19.4 Å². The number of rotatable bonds is 4. The number of hydrogen-bond acceptors (Lipinski definition) is 2. The number of nitrogens with zero attached hydrogens (tertiary/aromatic N) is 1. The van der Waals surface area contributed by atoms with Crippen LogP contribution in [0.3, 0.4) is 0 Å². The zero-order chi connectivity index (χ0) is 18.1. The van der Waals surface area contributed by atoms with E-state index in [0.29, 0.717) is 5.56 Å². The molecular formula is C16H17F4NO3. The number of likely N-dealkylation sites (tertiary alicyclic amines) is 1. The van der Waals surface area contributed by atoms with Crippen molar-refractivity contribution in [2.45, 2.75) is 31.6 Å². The maximum absolute atomic E-state index is 14.0. The summed E-state index contributed by atoms with van der Waals surface area (Å²) in [6, 6.07) is 4.49. The van der Waals surface area contributed by atoms with E-state index in [4.69, 9.17) is 5.11 Å². The van der Waals surface area contributed by atoms with Gasteiger partial charge in [-0.3, -0.25) is 4.79 Å². The zero-order valence-electron chi connectivity index (χ0n) is 12.9. The monoisotopic (exact) mass is 347 g/mol. The molecule has 1 aromatic carbocycles. The summed E-state index contributed by atoms with van der Waals surface area (Å²) in [5.41, 5.74) is -2.65. The zero-order valence-corrected chi connectivity index (χ0v) is 12.9. The molecule has 2 atom stereocenters. The lowest BCUT2D eigenvalue weighted by Crippen LogP contribution is -2.40. The van der Waals surface area contributed by atoms with Gasteiger partial charge in [-0.15, -0.1) is 0 Å². The van der Waals surface area contributed by atoms with Gasteiger partial charge in [-0.05, 0) is 24.1 Å². The molecule has 0 saturated carbocycles. The Morgan fingerprint density at radius 1 is 1.29 bits per heavy atom. The van der Waals surface area contributed by atoms with Crippen LogP contribution in [0, 0.1) is 5.92 Å². The first-order valence-corrected chi connectivity index (χ1v) is 7.40. The first-order valence-electron chi connectivity index (χ1n) is 7.40. The van der Waals surface area contributed by atoms with Gasteiger partial charge in [0.2, 0.25) is 11.6 Å². The van der Waals surface area contributed by atoms with Crippen LogP contribution in [0.25, 0.3) is 0 Å². The Morgan fingerprint density at radius 3 is 2.33 bits per heavy atom. The molecule has 4 nitrogen and oxygen atoms in total. The number of amides is 1. The summed E-state index contributed by atoms with van der Waals surface area (Å²) in [5.74, 6) is -2.58. The lowest BCUT2D eigenvalue weighted by atomic mass is 9.98. The van der Waals surface area contributed by atoms with Crippen LogP contribution in [0.1, 0.15) is 24.5 Å². The highest BCUT2D eigenvalue weighted by molar-refractivity contribution is 5.83. The molecule has 132 valence electrons. The second-order valence-electron chi connectivity index (χ2n) is 6.08. The number of carbonyl (C=O) groups is 2. The molecule has 1 fully saturated rings. The largest absolute Gasteiger partial charge is 0.479 e. The van der Waals surface area contributed by atoms with Gasteiger partial charge in [-0.25, -0.2) is 9.18 Å². The van der Waals surface area contributed by atoms with Gasteiger partial charge in [0.25, 0.3) is 0 Å². The van der Waals surface area contributed by atoms with E-state index in [1.165, 1.54) is 12.1 Å². The molecule has 2 unspecified atom stereocenters. The highest BCUT2D eigenvalue weighted by Gasteiger charge is 2.47. The van der Waals surface area contributed by atoms with E-state index in [1.807, 2.05) is 0 Å². The lowest BCUT2D eigenvalue weighted by Gasteiger charge is -2.21. The summed E-state index contributed by atoms with van der Waals surface area (Å²) in [7, 11) is 0. The Morgan fingerprint density at radius 2 is 1.88 bits per heavy atom. The average Bonchev–Trinajstić information content (AvgIpc) is 2.90. The van der Waals surface area contributed by atoms with Gasteiger partial charge in [0.15, 0.2) is 0 Å². The average molecular weight is 347 g/mol. The molecular weight excluding hydrogens is 330 g/mol. The highest BCUT2D eigenvalue weighted by atomic mass is 19.4. The maximum Gasteiger partial charge on any atom is 0.416 e. The Hall–Kier alpha value is -2.12. The van der Waals surface area contributed by atoms with Crippen molar-refractivity contribution in [3.8, 4) is 0 Å². The van der Waals surface area contributed by atoms with Crippen LogP contribution >= 0.6 is 0 Å². The van der Waals surface area contributed by atoms with Crippen molar-refractivity contribution in [2.75, 3.05) is 13.1 Å². The third-order valence-corrected chi connectivity index (χ3v) is 4.16. The number of carboxylic acids is 1. The Labute approximate surface area is 136 Å². The van der Waals surface area contributed by atoms with Crippen LogP contribution in [0.5, 0.6) is 0 Å². The Kier molecular flexibility index (Phi) is 4.87. The van der Waals surface area contributed by atoms with Crippen LogP contribution in [-0.2, 0) is 22.2 Å². The van der Waals surface area contributed by atoms with Crippen molar-refractivity contribution >= 4 is 11.9 Å². The molecule has 1 N–H and O–H groups in total. The third kappa shape index (κ3) is 3.85. The van der Waals surface area contributed by atoms with Gasteiger partial charge in [-0.1, -0.05) is 19.1 Å². The summed E-state index contributed by atoms with van der Waals surface area (Å²) in [6.07, 6.45) is -4.49. The second-order valence-corrected chi connectivity index (χ2v) is 6.08. The molecule has 1 aliphatic heterocycles. The predicted octanol–water partition coefficient (Wildman–Crippen LogP) is 2.91. The number of halogens is 4. The standard InChI is InChI=1S/C16H17F4NO3/c1-10(8-11-2-4-12(5-3-11)16(18,19)20)13(22)21-7-6-15(17,9-21)14(23)24/h2-5,10H,6-9H2,1H3,(H,23,24). The minimum absolute atomic E-state index is 0.0129. The van der Waals surface area contributed by atoms with Crippen molar-refractivity contribution in [1.29, 1.82) is 0 Å². The Bertz CT molecular complexity index is 629. The fraction of sp³-hybridized carbons (Fsp3) is 0.500. The normalized spacial score (nSPS) is 22.5. The van der Waals surface area contributed by atoms with Gasteiger partial charge in [0, 0.05) is 18.9 Å². The molecule has 0 spiro atoms. The van der Waals surface area contributed by atoms with Gasteiger partial charge in [-0.2, -0.15) is 13.2 Å². The van der Waals surface area contributed by atoms with Crippen molar-refractivity contribution in [3.63, 3.8) is 0 Å². The van der Waals surface area contributed by atoms with Crippen LogP contribution in [0.4, 0.5) is 17.6 Å². The third-order valence-electron chi connectivity index (χ3n) is 4.16. The Balaban J connectivity index is 1.99. The molecule has 2 rings (SSSR count). The van der Waals surface area contributed by atoms with Gasteiger partial charge in [0.1, 0.15) is 0 Å². The topological polar surface area (TPSA) is 57.6 Å². The number of hydrogen-bond donors (Lipinski definition) is 1. The minimum atomic E-state index is -4.42. The van der Waals surface area contributed by atoms with Crippen LogP contribution in [-0.4, -0.2) is 40.6 Å². The second kappa shape index (κ2) is 6.41. The molecule has 1 aromatic rings. The highest BCUT2D eigenvalue weighted by Crippen LogP contribution is 2.30. The SMILES string of the molecule is CC(Cc1ccc(C(F)(F)F)cc1)C(=O)N1CCC(F)(C(=O)O)C1. The van der Waals surface area contributed by atoms with Gasteiger partial charge in [0.05, 0.1) is 12.1 Å². The summed E-state index contributed by atoms with van der Waals surface area (Å²) in [4.78, 5) is 24.3. The molecule has 1 aliphatic rings. The minimum Gasteiger partial charge on any atom is -0.479 e. The summed E-state index contributed by atoms with van der Waals surface area (Å²) >= 11 is 0. The summed E-state index contributed by atoms with van der Waals surface area (Å²) < 4.78 is 51.5. The molecule has 24 heavy (non-hydrogen) atoms. The predicted molar refractivity (Wildman–Crippen MR) is 77.0 cm³/mol. The first-order chi connectivity index (χ1) is 11.0. The van der Waals surface area contributed by atoms with E-state index in [0.717, 1.165) is 17.0 Å². The number of benzene rings is 1. The quantitative estimate of drug-likeness (QED) is 0.852. The van der Waals surface area contributed by atoms with Crippen molar-refractivity contribution in [3.05, 3.63) is 35.4 Å². The molecule has 0 aliphatic carbocycles. The smallest absolute Gasteiger partial charge is 0.416 e. The number of carbonyl (C=O) groups excluding carboxylic acids is 1. The number of carboxylic acid groups (broad SMARTS) is 1. The van der Waals surface area contributed by atoms with Crippen molar-refractivity contribution in [1.82, 2.24) is 4.90 Å². The lowest BCUT2D eigenvalue weighted by molar-refractivity contribution is -0.150. The van der Waals surface area contributed by atoms with E-state index in [2.05, 4.69) is 0 Å². The van der Waals surface area contributed by atoms with Gasteiger partial charge >= 0.3 is 12.1 Å². The van der Waals surface area contributed by atoms with E-state index in [9.17, 15) is 27.2 Å². The van der Waals surface area contributed by atoms with Crippen LogP contribution in [0.2, 0.25) is 0 Å². The summed E-state index contributed by atoms with van der Waals surface area (Å²) in [6.45, 7) is 1.09. The fourth-order valence-electron chi connectivity index (χ4n) is 2.72. The molecule has 1 heterocycles. The number of alkyl halides is 4. The summed E-state index contributed by atoms with van der Waals surface area (Å²) in [5, 5.41) is 8.83. The van der Waals surface area contributed by atoms with E-state index >= 15 is 0 Å². The maximum atomic E-state index is 14.0. The first kappa shape index (κ1) is 18.2. The fourth-order valence-corrected chi connectivity index (χ4v) is 2.72. The molecule has 0 radical (unpaired) electrons. The van der Waals surface area contributed by atoms with Crippen LogP contribution < -0.4 is 0 Å². The molecule has 1 saturated heterocycles. The van der Waals surface area contributed by atoms with Crippen molar-refractivity contribution < 1.29 is 32.3 Å². The van der Waals surface area contributed by atoms with E-state index in [1.54, 1.807) is 6.92 Å². The van der Waals surface area contributed by atoms with E-state index < -0.39 is 41.7 Å². The molecule has 1 amide bonds. The van der Waals surface area contributed by atoms with Gasteiger partial charge < -0.3 is 10.0 Å². The molecule has 0 bridgehead atoms. The van der Waals surface area contributed by atoms with Crippen LogP contribution in [0.15, 0.2) is 24.3 Å². The number of aliphatic carboxylic acids is 1.